The molecule has 8 heteroatoms. The zero-order chi connectivity index (χ0) is 19.3. The van der Waals surface area contributed by atoms with Crippen molar-refractivity contribution in [1.29, 1.82) is 0 Å². The molecular weight excluding hydrogens is 358 g/mol. The average Bonchev–Trinajstić information content (AvgIpc) is 3.40. The van der Waals surface area contributed by atoms with Gasteiger partial charge in [-0.1, -0.05) is 12.1 Å². The summed E-state index contributed by atoms with van der Waals surface area (Å²) in [6.07, 6.45) is 2.29. The molecule has 3 aromatic heterocycles. The maximum absolute atomic E-state index is 11.8. The molecule has 1 aliphatic heterocycles. The minimum atomic E-state index is -0.907. The van der Waals surface area contributed by atoms with Gasteiger partial charge < -0.3 is 19.1 Å². The minimum absolute atomic E-state index is 0.396. The van der Waals surface area contributed by atoms with Crippen molar-refractivity contribution in [3.8, 4) is 11.6 Å². The van der Waals surface area contributed by atoms with Crippen LogP contribution in [0.5, 0.6) is 0 Å². The Balaban J connectivity index is 1.44. The van der Waals surface area contributed by atoms with Crippen molar-refractivity contribution in [2.75, 3.05) is 6.54 Å². The third kappa shape index (κ3) is 2.61. The fourth-order valence-corrected chi connectivity index (χ4v) is 3.92. The van der Waals surface area contributed by atoms with Gasteiger partial charge in [0.15, 0.2) is 17.6 Å². The number of hydrogen-bond acceptors (Lipinski definition) is 5. The van der Waals surface area contributed by atoms with E-state index in [2.05, 4.69) is 15.0 Å². The summed E-state index contributed by atoms with van der Waals surface area (Å²) >= 11 is 0. The van der Waals surface area contributed by atoms with Crippen molar-refractivity contribution < 1.29 is 14.3 Å². The van der Waals surface area contributed by atoms with E-state index in [1.54, 1.807) is 6.33 Å². The second-order valence-corrected chi connectivity index (χ2v) is 6.98. The topological polar surface area (TPSA) is 100 Å². The zero-order valence-corrected chi connectivity index (χ0v) is 15.3. The first-order valence-corrected chi connectivity index (χ1v) is 9.11. The molecular formula is C20H19N5O3. The average molecular weight is 377 g/mol. The van der Waals surface area contributed by atoms with Gasteiger partial charge in [-0.25, -0.2) is 9.97 Å². The van der Waals surface area contributed by atoms with Gasteiger partial charge in [-0.2, -0.15) is 0 Å². The number of fused-ring (bicyclic) bond motifs is 2. The normalized spacial score (nSPS) is 17.1. The van der Waals surface area contributed by atoms with Crippen LogP contribution in [0.2, 0.25) is 0 Å². The lowest BCUT2D eigenvalue weighted by atomic mass is 10.0. The van der Waals surface area contributed by atoms with E-state index < -0.39 is 12.0 Å². The third-order valence-corrected chi connectivity index (χ3v) is 5.29. The first kappa shape index (κ1) is 16.8. The number of aryl methyl sites for hydroxylation is 1. The van der Waals surface area contributed by atoms with Gasteiger partial charge in [-0.3, -0.25) is 9.69 Å². The van der Waals surface area contributed by atoms with E-state index in [1.807, 2.05) is 52.9 Å². The van der Waals surface area contributed by atoms with Crippen molar-refractivity contribution in [2.45, 2.75) is 19.0 Å². The van der Waals surface area contributed by atoms with Crippen LogP contribution in [0, 0.1) is 0 Å². The molecule has 28 heavy (non-hydrogen) atoms. The first-order valence-electron chi connectivity index (χ1n) is 9.11. The van der Waals surface area contributed by atoms with Gasteiger partial charge in [0.25, 0.3) is 0 Å². The fraction of sp³-hybridized carbons (Fsp3) is 0.250. The number of carboxylic acids is 1. The predicted octanol–water partition coefficient (Wildman–Crippen LogP) is 2.74. The monoisotopic (exact) mass is 377 g/mol. The first-order chi connectivity index (χ1) is 13.6. The summed E-state index contributed by atoms with van der Waals surface area (Å²) < 4.78 is 8.03. The van der Waals surface area contributed by atoms with Crippen molar-refractivity contribution in [3.05, 3.63) is 59.9 Å². The summed E-state index contributed by atoms with van der Waals surface area (Å²) in [6, 6.07) is 10.9. The van der Waals surface area contributed by atoms with Crippen LogP contribution < -0.4 is 0 Å². The molecule has 0 fully saturated rings. The molecule has 2 N–H and O–H groups in total. The molecule has 0 saturated carbocycles. The lowest BCUT2D eigenvalue weighted by Gasteiger charge is -2.31. The number of rotatable bonds is 4. The molecule has 5 rings (SSSR count). The van der Waals surface area contributed by atoms with Gasteiger partial charge in [-0.15, -0.1) is 0 Å². The Kier molecular flexibility index (Phi) is 3.80. The number of carboxylic acid groups (broad SMARTS) is 1. The number of benzene rings is 1. The number of H-pyrrole nitrogens is 1. The quantitative estimate of drug-likeness (QED) is 0.567. The summed E-state index contributed by atoms with van der Waals surface area (Å²) in [4.78, 5) is 25.6. The number of imidazole rings is 2. The number of aromatic amines is 1. The lowest BCUT2D eigenvalue weighted by molar-refractivity contribution is -0.144. The molecule has 1 atom stereocenters. The second-order valence-electron chi connectivity index (χ2n) is 6.98. The van der Waals surface area contributed by atoms with Gasteiger partial charge in [0, 0.05) is 25.7 Å². The Hall–Kier alpha value is -3.39. The van der Waals surface area contributed by atoms with Gasteiger partial charge >= 0.3 is 5.97 Å². The van der Waals surface area contributed by atoms with Crippen molar-refractivity contribution in [3.63, 3.8) is 0 Å². The Morgan fingerprint density at radius 1 is 1.32 bits per heavy atom. The molecule has 4 aromatic rings. The minimum Gasteiger partial charge on any atom is -0.480 e. The number of aliphatic carboxylic acids is 1. The van der Waals surface area contributed by atoms with E-state index >= 15 is 0 Å². The highest BCUT2D eigenvalue weighted by Gasteiger charge is 2.35. The maximum Gasteiger partial charge on any atom is 0.327 e. The van der Waals surface area contributed by atoms with E-state index in [4.69, 9.17) is 4.42 Å². The zero-order valence-electron chi connectivity index (χ0n) is 15.3. The second kappa shape index (κ2) is 6.35. The number of hydrogen-bond donors (Lipinski definition) is 2. The Labute approximate surface area is 160 Å². The third-order valence-electron chi connectivity index (χ3n) is 5.29. The van der Waals surface area contributed by atoms with Gasteiger partial charge in [0.05, 0.1) is 29.6 Å². The summed E-state index contributed by atoms with van der Waals surface area (Å²) in [6.45, 7) is 1.02. The molecule has 0 aliphatic carbocycles. The van der Waals surface area contributed by atoms with Crippen LogP contribution in [0.15, 0.2) is 47.1 Å². The molecule has 1 aromatic carbocycles. The molecule has 0 bridgehead atoms. The number of para-hydroxylation sites is 2. The fourth-order valence-electron chi connectivity index (χ4n) is 3.92. The molecule has 0 unspecified atom stereocenters. The largest absolute Gasteiger partial charge is 0.480 e. The van der Waals surface area contributed by atoms with Crippen LogP contribution in [-0.2, 0) is 24.8 Å². The number of furan rings is 1. The highest BCUT2D eigenvalue weighted by Crippen LogP contribution is 2.31. The molecule has 1 aliphatic rings. The molecule has 8 nitrogen and oxygen atoms in total. The summed E-state index contributed by atoms with van der Waals surface area (Å²) in [5.41, 5.74) is 3.42. The maximum atomic E-state index is 11.8. The molecule has 4 heterocycles. The standard InChI is InChI=1S/C20H19N5O3/c1-24-15-5-3-2-4-13(15)23-19(24)16-7-6-12(28-16)10-25-9-8-14-17(22-11-21-14)18(25)20(26)27/h2-7,11,18H,8-10H2,1H3,(H,21,22)(H,26,27)/t18-/m0/s1. The summed E-state index contributed by atoms with van der Waals surface area (Å²) in [7, 11) is 1.96. The van der Waals surface area contributed by atoms with E-state index in [0.29, 0.717) is 30.3 Å². The van der Waals surface area contributed by atoms with E-state index in [0.717, 1.165) is 29.0 Å². The number of carbonyl (C=O) groups is 1. The lowest BCUT2D eigenvalue weighted by Crippen LogP contribution is -2.39. The summed E-state index contributed by atoms with van der Waals surface area (Å²) in [5.74, 6) is 1.20. The molecule has 142 valence electrons. The Morgan fingerprint density at radius 2 is 2.18 bits per heavy atom. The summed E-state index contributed by atoms with van der Waals surface area (Å²) in [5, 5.41) is 9.71. The van der Waals surface area contributed by atoms with Crippen LogP contribution in [0.25, 0.3) is 22.6 Å². The highest BCUT2D eigenvalue weighted by molar-refractivity contribution is 5.79. The van der Waals surface area contributed by atoms with Crippen molar-refractivity contribution in [2.24, 2.45) is 7.05 Å². The number of aromatic nitrogens is 4. The SMILES string of the molecule is Cn1c(-c2ccc(CN3CCc4[nH]cnc4[C@H]3C(=O)O)o2)nc2ccccc21. The Morgan fingerprint density at radius 3 is 3.00 bits per heavy atom. The molecule has 0 amide bonds. The van der Waals surface area contributed by atoms with Crippen LogP contribution >= 0.6 is 0 Å². The van der Waals surface area contributed by atoms with Crippen LogP contribution in [-0.4, -0.2) is 42.0 Å². The van der Waals surface area contributed by atoms with E-state index in [9.17, 15) is 9.90 Å². The molecule has 0 saturated heterocycles. The highest BCUT2D eigenvalue weighted by atomic mass is 16.4. The Bertz CT molecular complexity index is 1170. The van der Waals surface area contributed by atoms with Gasteiger partial charge in [0.1, 0.15) is 5.76 Å². The smallest absolute Gasteiger partial charge is 0.327 e. The van der Waals surface area contributed by atoms with Gasteiger partial charge in [0.2, 0.25) is 0 Å². The molecule has 0 radical (unpaired) electrons. The van der Waals surface area contributed by atoms with Gasteiger partial charge in [-0.05, 0) is 24.3 Å². The van der Waals surface area contributed by atoms with E-state index in [-0.39, 0.29) is 0 Å². The van der Waals surface area contributed by atoms with E-state index in [1.165, 1.54) is 0 Å². The molecule has 0 spiro atoms. The van der Waals surface area contributed by atoms with Crippen LogP contribution in [0.4, 0.5) is 0 Å². The number of nitrogens with zero attached hydrogens (tertiary/aromatic N) is 4. The number of nitrogens with one attached hydrogen (secondary N) is 1. The van der Waals surface area contributed by atoms with Crippen molar-refractivity contribution >= 4 is 17.0 Å². The van der Waals surface area contributed by atoms with Crippen LogP contribution in [0.1, 0.15) is 23.2 Å². The predicted molar refractivity (Wildman–Crippen MR) is 101 cm³/mol. The van der Waals surface area contributed by atoms with Crippen LogP contribution in [0.3, 0.4) is 0 Å². The van der Waals surface area contributed by atoms with Crippen molar-refractivity contribution in [1.82, 2.24) is 24.4 Å².